The lowest BCUT2D eigenvalue weighted by Crippen LogP contribution is -2.37. The molecule has 0 amide bonds. The number of hydrogen-bond donors (Lipinski definition) is 2. The standard InChI is InChI=1S/C15H25FN2/c1-4-12(9-17)10-18-11-15(2,3)13-5-7-14(16)8-6-13/h5-8,12,18H,4,9-11,17H2,1-3H3. The largest absolute Gasteiger partial charge is 0.330 e. The minimum atomic E-state index is -0.184. The van der Waals surface area contributed by atoms with Crippen molar-refractivity contribution >= 4 is 0 Å². The van der Waals surface area contributed by atoms with Gasteiger partial charge in [-0.25, -0.2) is 4.39 Å². The summed E-state index contributed by atoms with van der Waals surface area (Å²) in [5.41, 5.74) is 6.83. The van der Waals surface area contributed by atoms with Crippen LogP contribution >= 0.6 is 0 Å². The molecule has 1 aromatic rings. The fraction of sp³-hybridized carbons (Fsp3) is 0.600. The van der Waals surface area contributed by atoms with E-state index in [9.17, 15) is 4.39 Å². The summed E-state index contributed by atoms with van der Waals surface area (Å²) in [6.07, 6.45) is 1.10. The van der Waals surface area contributed by atoms with Crippen LogP contribution in [0.4, 0.5) is 4.39 Å². The van der Waals surface area contributed by atoms with Gasteiger partial charge in [0.15, 0.2) is 0 Å². The van der Waals surface area contributed by atoms with Gasteiger partial charge in [-0.2, -0.15) is 0 Å². The summed E-state index contributed by atoms with van der Waals surface area (Å²) in [7, 11) is 0. The number of halogens is 1. The van der Waals surface area contributed by atoms with Crippen molar-refractivity contribution in [2.24, 2.45) is 11.7 Å². The van der Waals surface area contributed by atoms with Gasteiger partial charge in [0.25, 0.3) is 0 Å². The van der Waals surface area contributed by atoms with E-state index in [0.29, 0.717) is 5.92 Å². The van der Waals surface area contributed by atoms with Crippen molar-refractivity contribution in [3.63, 3.8) is 0 Å². The molecule has 0 spiro atoms. The summed E-state index contributed by atoms with van der Waals surface area (Å²) in [6, 6.07) is 6.76. The number of benzene rings is 1. The van der Waals surface area contributed by atoms with Gasteiger partial charge < -0.3 is 11.1 Å². The lowest BCUT2D eigenvalue weighted by Gasteiger charge is -2.27. The molecule has 3 N–H and O–H groups in total. The van der Waals surface area contributed by atoms with Gasteiger partial charge in [0.2, 0.25) is 0 Å². The van der Waals surface area contributed by atoms with Gasteiger partial charge >= 0.3 is 0 Å². The Kier molecular flexibility index (Phi) is 5.76. The third-order valence-corrected chi connectivity index (χ3v) is 3.54. The highest BCUT2D eigenvalue weighted by atomic mass is 19.1. The summed E-state index contributed by atoms with van der Waals surface area (Å²) in [6.45, 7) is 9.02. The van der Waals surface area contributed by atoms with Crippen LogP contribution < -0.4 is 11.1 Å². The van der Waals surface area contributed by atoms with Gasteiger partial charge in [0, 0.05) is 12.0 Å². The third-order valence-electron chi connectivity index (χ3n) is 3.54. The fourth-order valence-electron chi connectivity index (χ4n) is 1.99. The van der Waals surface area contributed by atoms with Crippen molar-refractivity contribution < 1.29 is 4.39 Å². The SMILES string of the molecule is CCC(CN)CNCC(C)(C)c1ccc(F)cc1. The maximum absolute atomic E-state index is 12.9. The predicted octanol–water partition coefficient (Wildman–Crippen LogP) is 2.68. The van der Waals surface area contributed by atoms with Crippen LogP contribution in [0.25, 0.3) is 0 Å². The normalized spacial score (nSPS) is 13.6. The van der Waals surface area contributed by atoms with E-state index in [2.05, 4.69) is 26.1 Å². The van der Waals surface area contributed by atoms with E-state index in [4.69, 9.17) is 5.73 Å². The average Bonchev–Trinajstić information content (AvgIpc) is 2.35. The molecule has 0 bridgehead atoms. The van der Waals surface area contributed by atoms with E-state index in [-0.39, 0.29) is 11.2 Å². The summed E-state index contributed by atoms with van der Waals surface area (Å²) in [4.78, 5) is 0. The molecular weight excluding hydrogens is 227 g/mol. The Hall–Kier alpha value is -0.930. The highest BCUT2D eigenvalue weighted by Gasteiger charge is 2.20. The molecule has 1 atom stereocenters. The first-order valence-electron chi connectivity index (χ1n) is 6.66. The zero-order chi connectivity index (χ0) is 13.6. The van der Waals surface area contributed by atoms with E-state index in [1.165, 1.54) is 12.1 Å². The van der Waals surface area contributed by atoms with Crippen molar-refractivity contribution in [2.75, 3.05) is 19.6 Å². The Morgan fingerprint density at radius 1 is 1.28 bits per heavy atom. The van der Waals surface area contributed by atoms with E-state index in [1.54, 1.807) is 0 Å². The Morgan fingerprint density at radius 3 is 2.39 bits per heavy atom. The van der Waals surface area contributed by atoms with Crippen LogP contribution in [0.5, 0.6) is 0 Å². The zero-order valence-corrected chi connectivity index (χ0v) is 11.7. The van der Waals surface area contributed by atoms with E-state index in [1.807, 2.05) is 12.1 Å². The number of rotatable bonds is 7. The molecule has 0 aliphatic rings. The van der Waals surface area contributed by atoms with Crippen molar-refractivity contribution in [1.29, 1.82) is 0 Å². The minimum absolute atomic E-state index is 0.000585. The second kappa shape index (κ2) is 6.86. The molecule has 2 nitrogen and oxygen atoms in total. The molecule has 18 heavy (non-hydrogen) atoms. The summed E-state index contributed by atoms with van der Waals surface area (Å²) < 4.78 is 12.9. The molecule has 0 aliphatic heterocycles. The Labute approximate surface area is 110 Å². The molecule has 0 saturated carbocycles. The maximum atomic E-state index is 12.9. The van der Waals surface area contributed by atoms with Gasteiger partial charge in [0.1, 0.15) is 5.82 Å². The molecule has 0 aliphatic carbocycles. The third kappa shape index (κ3) is 4.39. The van der Waals surface area contributed by atoms with Crippen LogP contribution in [-0.4, -0.2) is 19.6 Å². The lowest BCUT2D eigenvalue weighted by atomic mass is 9.84. The van der Waals surface area contributed by atoms with Gasteiger partial charge in [-0.05, 0) is 36.7 Å². The first-order chi connectivity index (χ1) is 8.49. The lowest BCUT2D eigenvalue weighted by molar-refractivity contribution is 0.414. The second-order valence-corrected chi connectivity index (χ2v) is 5.53. The molecule has 0 aromatic heterocycles. The van der Waals surface area contributed by atoms with Crippen molar-refractivity contribution in [3.05, 3.63) is 35.6 Å². The number of hydrogen-bond acceptors (Lipinski definition) is 2. The molecular formula is C15H25FN2. The molecule has 1 unspecified atom stereocenters. The summed E-state index contributed by atoms with van der Waals surface area (Å²) in [5, 5.41) is 3.47. The second-order valence-electron chi connectivity index (χ2n) is 5.53. The zero-order valence-electron chi connectivity index (χ0n) is 11.7. The minimum Gasteiger partial charge on any atom is -0.330 e. The van der Waals surface area contributed by atoms with Crippen LogP contribution in [0, 0.1) is 11.7 Å². The van der Waals surface area contributed by atoms with Crippen molar-refractivity contribution in [2.45, 2.75) is 32.6 Å². The highest BCUT2D eigenvalue weighted by molar-refractivity contribution is 5.24. The van der Waals surface area contributed by atoms with Crippen LogP contribution in [0.2, 0.25) is 0 Å². The molecule has 102 valence electrons. The molecule has 1 rings (SSSR count). The van der Waals surface area contributed by atoms with Crippen LogP contribution in [0.3, 0.4) is 0 Å². The van der Waals surface area contributed by atoms with Crippen LogP contribution in [0.1, 0.15) is 32.8 Å². The van der Waals surface area contributed by atoms with Gasteiger partial charge in [-0.3, -0.25) is 0 Å². The Bertz CT molecular complexity index is 342. The molecule has 0 radical (unpaired) electrons. The average molecular weight is 252 g/mol. The van der Waals surface area contributed by atoms with Crippen molar-refractivity contribution in [1.82, 2.24) is 5.32 Å². The Balaban J connectivity index is 2.51. The molecule has 0 saturated heterocycles. The van der Waals surface area contributed by atoms with E-state index >= 15 is 0 Å². The topological polar surface area (TPSA) is 38.0 Å². The number of nitrogens with two attached hydrogens (primary N) is 1. The Morgan fingerprint density at radius 2 is 1.89 bits per heavy atom. The highest BCUT2D eigenvalue weighted by Crippen LogP contribution is 2.22. The smallest absolute Gasteiger partial charge is 0.123 e. The van der Waals surface area contributed by atoms with E-state index < -0.39 is 0 Å². The number of nitrogens with one attached hydrogen (secondary N) is 1. The van der Waals surface area contributed by atoms with E-state index in [0.717, 1.165) is 31.6 Å². The summed E-state index contributed by atoms with van der Waals surface area (Å²) in [5.74, 6) is 0.353. The van der Waals surface area contributed by atoms with Gasteiger partial charge in [-0.1, -0.05) is 39.3 Å². The van der Waals surface area contributed by atoms with Gasteiger partial charge in [0.05, 0.1) is 0 Å². The molecule has 0 fully saturated rings. The summed E-state index contributed by atoms with van der Waals surface area (Å²) >= 11 is 0. The monoisotopic (exact) mass is 252 g/mol. The van der Waals surface area contributed by atoms with Crippen LogP contribution in [-0.2, 0) is 5.41 Å². The van der Waals surface area contributed by atoms with Crippen LogP contribution in [0.15, 0.2) is 24.3 Å². The first-order valence-corrected chi connectivity index (χ1v) is 6.66. The molecule has 0 heterocycles. The van der Waals surface area contributed by atoms with Crippen molar-refractivity contribution in [3.8, 4) is 0 Å². The molecule has 1 aromatic carbocycles. The quantitative estimate of drug-likeness (QED) is 0.783. The predicted molar refractivity (Wildman–Crippen MR) is 75.1 cm³/mol. The fourth-order valence-corrected chi connectivity index (χ4v) is 1.99. The molecule has 3 heteroatoms. The first kappa shape index (κ1) is 15.1. The van der Waals surface area contributed by atoms with Gasteiger partial charge in [-0.15, -0.1) is 0 Å². The maximum Gasteiger partial charge on any atom is 0.123 e.